The van der Waals surface area contributed by atoms with Crippen LogP contribution < -0.4 is 4.90 Å². The average Bonchev–Trinajstić information content (AvgIpc) is 2.63. The standard InChI is InChI=1S/C20H22Cl2N2O/c1-15-6-8-17(21)14-19(15)23-10-12-24(13-11-23)20(25)9-7-16-4-2-3-5-18(16)22/h2-6,8,14H,7,9-13H2,1H3. The Morgan fingerprint density at radius 2 is 1.76 bits per heavy atom. The monoisotopic (exact) mass is 376 g/mol. The van der Waals surface area contributed by atoms with Crippen molar-refractivity contribution >= 4 is 34.8 Å². The van der Waals surface area contributed by atoms with Crippen LogP contribution in [0, 0.1) is 6.92 Å². The van der Waals surface area contributed by atoms with Gasteiger partial charge in [-0.1, -0.05) is 47.5 Å². The van der Waals surface area contributed by atoms with Crippen molar-refractivity contribution in [1.82, 2.24) is 4.90 Å². The first kappa shape index (κ1) is 18.1. The van der Waals surface area contributed by atoms with E-state index in [9.17, 15) is 4.79 Å². The van der Waals surface area contributed by atoms with Crippen LogP contribution in [-0.4, -0.2) is 37.0 Å². The third kappa shape index (κ3) is 4.47. The smallest absolute Gasteiger partial charge is 0.223 e. The summed E-state index contributed by atoms with van der Waals surface area (Å²) in [6, 6.07) is 13.7. The molecule has 5 heteroatoms. The van der Waals surface area contributed by atoms with Crippen LogP contribution in [-0.2, 0) is 11.2 Å². The zero-order chi connectivity index (χ0) is 17.8. The highest BCUT2D eigenvalue weighted by atomic mass is 35.5. The highest BCUT2D eigenvalue weighted by molar-refractivity contribution is 6.31. The van der Waals surface area contributed by atoms with Crippen LogP contribution in [0.5, 0.6) is 0 Å². The third-order valence-electron chi connectivity index (χ3n) is 4.71. The molecule has 0 aromatic heterocycles. The molecule has 1 saturated heterocycles. The van der Waals surface area contributed by atoms with E-state index in [1.54, 1.807) is 0 Å². The molecule has 2 aromatic rings. The summed E-state index contributed by atoms with van der Waals surface area (Å²) in [4.78, 5) is 16.7. The van der Waals surface area contributed by atoms with E-state index in [0.717, 1.165) is 47.5 Å². The number of carbonyl (C=O) groups excluding carboxylic acids is 1. The molecular weight excluding hydrogens is 355 g/mol. The lowest BCUT2D eigenvalue weighted by Gasteiger charge is -2.37. The Hall–Kier alpha value is -1.71. The first-order valence-corrected chi connectivity index (χ1v) is 9.32. The Balaban J connectivity index is 1.54. The SMILES string of the molecule is Cc1ccc(Cl)cc1N1CCN(C(=O)CCc2ccccc2Cl)CC1. The Labute approximate surface area is 159 Å². The second-order valence-electron chi connectivity index (χ2n) is 6.39. The minimum atomic E-state index is 0.197. The van der Waals surface area contributed by atoms with E-state index in [4.69, 9.17) is 23.2 Å². The molecule has 1 aliphatic heterocycles. The van der Waals surface area contributed by atoms with Crippen molar-refractivity contribution in [3.63, 3.8) is 0 Å². The molecule has 132 valence electrons. The van der Waals surface area contributed by atoms with Gasteiger partial charge < -0.3 is 9.80 Å². The van der Waals surface area contributed by atoms with E-state index >= 15 is 0 Å². The molecule has 0 aliphatic carbocycles. The normalized spacial score (nSPS) is 14.7. The zero-order valence-corrected chi connectivity index (χ0v) is 15.9. The number of aryl methyl sites for hydroxylation is 2. The van der Waals surface area contributed by atoms with Gasteiger partial charge in [0.25, 0.3) is 0 Å². The number of hydrogen-bond donors (Lipinski definition) is 0. The molecule has 0 N–H and O–H groups in total. The summed E-state index contributed by atoms with van der Waals surface area (Å²) >= 11 is 12.3. The minimum absolute atomic E-state index is 0.197. The van der Waals surface area contributed by atoms with E-state index in [0.29, 0.717) is 12.8 Å². The molecule has 0 spiro atoms. The lowest BCUT2D eigenvalue weighted by Crippen LogP contribution is -2.49. The summed E-state index contributed by atoms with van der Waals surface area (Å²) in [7, 11) is 0. The summed E-state index contributed by atoms with van der Waals surface area (Å²) in [5.41, 5.74) is 3.41. The van der Waals surface area contributed by atoms with Crippen molar-refractivity contribution in [3.8, 4) is 0 Å². The molecular formula is C20H22Cl2N2O. The first-order chi connectivity index (χ1) is 12.0. The number of anilines is 1. The van der Waals surface area contributed by atoms with Crippen LogP contribution in [0.2, 0.25) is 10.0 Å². The van der Waals surface area contributed by atoms with Gasteiger partial charge in [-0.05, 0) is 42.7 Å². The summed E-state index contributed by atoms with van der Waals surface area (Å²) < 4.78 is 0. The molecule has 1 amide bonds. The second-order valence-corrected chi connectivity index (χ2v) is 7.23. The molecule has 0 bridgehead atoms. The molecule has 1 heterocycles. The zero-order valence-electron chi connectivity index (χ0n) is 14.3. The van der Waals surface area contributed by atoms with Gasteiger partial charge >= 0.3 is 0 Å². The lowest BCUT2D eigenvalue weighted by molar-refractivity contribution is -0.131. The number of benzene rings is 2. The lowest BCUT2D eigenvalue weighted by atomic mass is 10.1. The van der Waals surface area contributed by atoms with E-state index in [2.05, 4.69) is 11.8 Å². The van der Waals surface area contributed by atoms with Gasteiger partial charge in [-0.15, -0.1) is 0 Å². The Bertz CT molecular complexity index is 755. The summed E-state index contributed by atoms with van der Waals surface area (Å²) in [5.74, 6) is 0.197. The number of rotatable bonds is 4. The molecule has 0 atom stereocenters. The van der Waals surface area contributed by atoms with E-state index < -0.39 is 0 Å². The Kier molecular flexibility index (Phi) is 5.87. The predicted molar refractivity (Wildman–Crippen MR) is 105 cm³/mol. The quantitative estimate of drug-likeness (QED) is 0.779. The molecule has 2 aromatic carbocycles. The fraction of sp³-hybridized carbons (Fsp3) is 0.350. The highest BCUT2D eigenvalue weighted by Gasteiger charge is 2.22. The van der Waals surface area contributed by atoms with Gasteiger partial charge in [0.2, 0.25) is 5.91 Å². The fourth-order valence-corrected chi connectivity index (χ4v) is 3.62. The largest absolute Gasteiger partial charge is 0.368 e. The molecule has 1 fully saturated rings. The Morgan fingerprint density at radius 1 is 1.04 bits per heavy atom. The van der Waals surface area contributed by atoms with Gasteiger partial charge in [-0.2, -0.15) is 0 Å². The van der Waals surface area contributed by atoms with Crippen LogP contribution in [0.4, 0.5) is 5.69 Å². The van der Waals surface area contributed by atoms with Gasteiger partial charge in [-0.3, -0.25) is 4.79 Å². The van der Waals surface area contributed by atoms with Crippen molar-refractivity contribution in [2.24, 2.45) is 0 Å². The van der Waals surface area contributed by atoms with Crippen LogP contribution in [0.3, 0.4) is 0 Å². The Morgan fingerprint density at radius 3 is 2.48 bits per heavy atom. The molecule has 25 heavy (non-hydrogen) atoms. The summed E-state index contributed by atoms with van der Waals surface area (Å²) in [6.07, 6.45) is 1.19. The molecule has 3 rings (SSSR count). The van der Waals surface area contributed by atoms with E-state index in [1.165, 1.54) is 5.56 Å². The minimum Gasteiger partial charge on any atom is -0.368 e. The highest BCUT2D eigenvalue weighted by Crippen LogP contribution is 2.25. The van der Waals surface area contributed by atoms with Crippen molar-refractivity contribution in [3.05, 3.63) is 63.6 Å². The maximum Gasteiger partial charge on any atom is 0.223 e. The topological polar surface area (TPSA) is 23.6 Å². The van der Waals surface area contributed by atoms with Crippen molar-refractivity contribution in [1.29, 1.82) is 0 Å². The van der Waals surface area contributed by atoms with Crippen LogP contribution in [0.25, 0.3) is 0 Å². The van der Waals surface area contributed by atoms with Gasteiger partial charge in [0, 0.05) is 48.3 Å². The number of amides is 1. The van der Waals surface area contributed by atoms with Crippen molar-refractivity contribution < 1.29 is 4.79 Å². The van der Waals surface area contributed by atoms with Gasteiger partial charge in [0.1, 0.15) is 0 Å². The first-order valence-electron chi connectivity index (χ1n) is 8.57. The molecule has 1 aliphatic rings. The average molecular weight is 377 g/mol. The number of hydrogen-bond acceptors (Lipinski definition) is 2. The van der Waals surface area contributed by atoms with Crippen molar-refractivity contribution in [2.75, 3.05) is 31.1 Å². The van der Waals surface area contributed by atoms with Crippen LogP contribution >= 0.6 is 23.2 Å². The van der Waals surface area contributed by atoms with Crippen molar-refractivity contribution in [2.45, 2.75) is 19.8 Å². The second kappa shape index (κ2) is 8.11. The van der Waals surface area contributed by atoms with Crippen LogP contribution in [0.15, 0.2) is 42.5 Å². The maximum atomic E-state index is 12.5. The summed E-state index contributed by atoms with van der Waals surface area (Å²) in [5, 5.41) is 1.48. The maximum absolute atomic E-state index is 12.5. The predicted octanol–water partition coefficient (Wildman–Crippen LogP) is 4.58. The van der Waals surface area contributed by atoms with Crippen LogP contribution in [0.1, 0.15) is 17.5 Å². The molecule has 0 saturated carbocycles. The number of carbonyl (C=O) groups is 1. The van der Waals surface area contributed by atoms with Gasteiger partial charge in [-0.25, -0.2) is 0 Å². The summed E-state index contributed by atoms with van der Waals surface area (Å²) in [6.45, 7) is 5.24. The molecule has 0 unspecified atom stereocenters. The number of piperazine rings is 1. The third-order valence-corrected chi connectivity index (χ3v) is 5.31. The number of nitrogens with zero attached hydrogens (tertiary/aromatic N) is 2. The van der Waals surface area contributed by atoms with Gasteiger partial charge in [0.15, 0.2) is 0 Å². The molecule has 0 radical (unpaired) electrons. The fourth-order valence-electron chi connectivity index (χ4n) is 3.22. The van der Waals surface area contributed by atoms with E-state index in [-0.39, 0.29) is 5.91 Å². The van der Waals surface area contributed by atoms with E-state index in [1.807, 2.05) is 47.4 Å². The number of halogens is 2. The molecule has 3 nitrogen and oxygen atoms in total. The van der Waals surface area contributed by atoms with Gasteiger partial charge in [0.05, 0.1) is 0 Å².